The lowest BCUT2D eigenvalue weighted by Gasteiger charge is -2.34. The highest BCUT2D eigenvalue weighted by molar-refractivity contribution is 6.30. The van der Waals surface area contributed by atoms with Gasteiger partial charge in [0.25, 0.3) is 0 Å². The number of hydrogen-bond donors (Lipinski definition) is 1. The van der Waals surface area contributed by atoms with Crippen molar-refractivity contribution in [3.63, 3.8) is 0 Å². The fraction of sp³-hybridized carbons (Fsp3) is 0.300. The molecule has 2 aromatic heterocycles. The van der Waals surface area contributed by atoms with Gasteiger partial charge < -0.3 is 15.1 Å². The summed E-state index contributed by atoms with van der Waals surface area (Å²) in [4.78, 5) is 22.4. The molecule has 3 heterocycles. The van der Waals surface area contributed by atoms with E-state index in [2.05, 4.69) is 30.1 Å². The average Bonchev–Trinajstić information content (AvgIpc) is 2.74. The minimum atomic E-state index is 0.687. The number of aromatic nitrogens is 4. The number of rotatable bonds is 5. The van der Waals surface area contributed by atoms with Crippen LogP contribution in [0, 0.1) is 6.92 Å². The smallest absolute Gasteiger partial charge is 0.227 e. The first kappa shape index (κ1) is 18.4. The summed E-state index contributed by atoms with van der Waals surface area (Å²) in [6.45, 7) is 6.03. The Labute approximate surface area is 169 Å². The lowest BCUT2D eigenvalue weighted by Crippen LogP contribution is -2.47. The minimum Gasteiger partial charge on any atom is -0.366 e. The Kier molecular flexibility index (Phi) is 5.53. The highest BCUT2D eigenvalue weighted by Gasteiger charge is 2.21. The van der Waals surface area contributed by atoms with Crippen LogP contribution in [0.25, 0.3) is 0 Å². The number of halogens is 1. The van der Waals surface area contributed by atoms with Gasteiger partial charge >= 0.3 is 0 Å². The Morgan fingerprint density at radius 3 is 2.25 bits per heavy atom. The molecular weight excluding hydrogens is 374 g/mol. The zero-order chi connectivity index (χ0) is 19.3. The van der Waals surface area contributed by atoms with E-state index >= 15 is 0 Å². The van der Waals surface area contributed by atoms with Gasteiger partial charge in [-0.1, -0.05) is 23.7 Å². The summed E-state index contributed by atoms with van der Waals surface area (Å²) in [7, 11) is 0. The monoisotopic (exact) mass is 395 g/mol. The second kappa shape index (κ2) is 8.39. The van der Waals surface area contributed by atoms with Crippen molar-refractivity contribution in [1.29, 1.82) is 0 Å². The molecule has 1 fully saturated rings. The van der Waals surface area contributed by atoms with Crippen molar-refractivity contribution in [2.24, 2.45) is 0 Å². The van der Waals surface area contributed by atoms with E-state index in [1.165, 1.54) is 0 Å². The number of anilines is 3. The summed E-state index contributed by atoms with van der Waals surface area (Å²) < 4.78 is 0. The van der Waals surface area contributed by atoms with Crippen molar-refractivity contribution in [2.45, 2.75) is 13.5 Å². The van der Waals surface area contributed by atoms with E-state index in [4.69, 9.17) is 16.6 Å². The molecule has 0 radical (unpaired) electrons. The first-order valence-corrected chi connectivity index (χ1v) is 9.66. The molecule has 0 saturated carbocycles. The zero-order valence-corrected chi connectivity index (χ0v) is 16.5. The summed E-state index contributed by atoms with van der Waals surface area (Å²) in [5, 5.41) is 4.12. The van der Waals surface area contributed by atoms with Crippen LogP contribution in [0.5, 0.6) is 0 Å². The third kappa shape index (κ3) is 4.48. The average molecular weight is 396 g/mol. The number of hydrogen-bond acceptors (Lipinski definition) is 7. The maximum atomic E-state index is 5.95. The van der Waals surface area contributed by atoms with Crippen molar-refractivity contribution >= 4 is 29.3 Å². The second-order valence-electron chi connectivity index (χ2n) is 6.70. The van der Waals surface area contributed by atoms with Crippen molar-refractivity contribution in [3.05, 3.63) is 65.1 Å². The summed E-state index contributed by atoms with van der Waals surface area (Å²) in [6, 6.07) is 11.6. The van der Waals surface area contributed by atoms with Gasteiger partial charge in [0.15, 0.2) is 0 Å². The van der Waals surface area contributed by atoms with Crippen LogP contribution < -0.4 is 15.1 Å². The molecule has 8 heteroatoms. The van der Waals surface area contributed by atoms with Crippen molar-refractivity contribution < 1.29 is 0 Å². The quantitative estimate of drug-likeness (QED) is 0.711. The predicted octanol–water partition coefficient (Wildman–Crippen LogP) is 3.17. The highest BCUT2D eigenvalue weighted by Crippen LogP contribution is 2.18. The van der Waals surface area contributed by atoms with Crippen LogP contribution in [-0.4, -0.2) is 46.1 Å². The minimum absolute atomic E-state index is 0.687. The van der Waals surface area contributed by atoms with E-state index in [0.29, 0.717) is 6.54 Å². The lowest BCUT2D eigenvalue weighted by atomic mass is 10.2. The van der Waals surface area contributed by atoms with E-state index in [1.54, 1.807) is 12.4 Å². The molecule has 1 aliphatic heterocycles. The molecule has 28 heavy (non-hydrogen) atoms. The maximum absolute atomic E-state index is 5.95. The van der Waals surface area contributed by atoms with Crippen LogP contribution in [0.2, 0.25) is 5.02 Å². The van der Waals surface area contributed by atoms with E-state index in [1.807, 2.05) is 43.3 Å². The third-order valence-corrected chi connectivity index (χ3v) is 4.88. The summed E-state index contributed by atoms with van der Waals surface area (Å²) in [5.74, 6) is 2.36. The first-order valence-electron chi connectivity index (χ1n) is 9.28. The number of nitrogens with one attached hydrogen (secondary N) is 1. The van der Waals surface area contributed by atoms with Gasteiger partial charge in [-0.2, -0.15) is 4.98 Å². The van der Waals surface area contributed by atoms with Gasteiger partial charge in [0.05, 0.1) is 0 Å². The molecule has 0 amide bonds. The first-order chi connectivity index (χ1) is 13.7. The second-order valence-corrected chi connectivity index (χ2v) is 7.13. The number of aryl methyl sites for hydroxylation is 1. The highest BCUT2D eigenvalue weighted by atomic mass is 35.5. The SMILES string of the molecule is Cc1cc(NCc2ccc(Cl)cc2)nc(N2CCN(c3ncccn3)CC2)n1. The Morgan fingerprint density at radius 1 is 0.929 bits per heavy atom. The Balaban J connectivity index is 1.40. The van der Waals surface area contributed by atoms with Gasteiger partial charge in [0, 0.05) is 61.9 Å². The molecule has 144 valence electrons. The van der Waals surface area contributed by atoms with Gasteiger partial charge in [-0.05, 0) is 30.7 Å². The van der Waals surface area contributed by atoms with E-state index in [0.717, 1.165) is 60.2 Å². The number of piperazine rings is 1. The van der Waals surface area contributed by atoms with Crippen molar-refractivity contribution in [1.82, 2.24) is 19.9 Å². The van der Waals surface area contributed by atoms with Crippen LogP contribution in [0.4, 0.5) is 17.7 Å². The molecule has 4 rings (SSSR count). The molecule has 1 aromatic carbocycles. The largest absolute Gasteiger partial charge is 0.366 e. The lowest BCUT2D eigenvalue weighted by molar-refractivity contribution is 0.627. The molecule has 0 atom stereocenters. The molecule has 1 saturated heterocycles. The van der Waals surface area contributed by atoms with Crippen molar-refractivity contribution in [2.75, 3.05) is 41.3 Å². The van der Waals surface area contributed by atoms with Gasteiger partial charge in [0.2, 0.25) is 11.9 Å². The summed E-state index contributed by atoms with van der Waals surface area (Å²) in [6.07, 6.45) is 3.55. The fourth-order valence-corrected chi connectivity index (χ4v) is 3.27. The molecule has 1 N–H and O–H groups in total. The fourth-order valence-electron chi connectivity index (χ4n) is 3.14. The van der Waals surface area contributed by atoms with Crippen molar-refractivity contribution in [3.8, 4) is 0 Å². The van der Waals surface area contributed by atoms with Crippen LogP contribution in [0.15, 0.2) is 48.8 Å². The zero-order valence-electron chi connectivity index (χ0n) is 15.7. The van der Waals surface area contributed by atoms with E-state index in [9.17, 15) is 0 Å². The van der Waals surface area contributed by atoms with Crippen LogP contribution in [0.3, 0.4) is 0 Å². The van der Waals surface area contributed by atoms with Gasteiger partial charge in [-0.3, -0.25) is 0 Å². The van der Waals surface area contributed by atoms with E-state index < -0.39 is 0 Å². The summed E-state index contributed by atoms with van der Waals surface area (Å²) in [5.41, 5.74) is 2.09. The predicted molar refractivity (Wildman–Crippen MR) is 112 cm³/mol. The van der Waals surface area contributed by atoms with E-state index in [-0.39, 0.29) is 0 Å². The molecular formula is C20H22ClN7. The van der Waals surface area contributed by atoms with Gasteiger partial charge in [-0.15, -0.1) is 0 Å². The Bertz CT molecular complexity index is 910. The molecule has 3 aromatic rings. The maximum Gasteiger partial charge on any atom is 0.227 e. The number of nitrogens with zero attached hydrogens (tertiary/aromatic N) is 6. The Hall–Kier alpha value is -2.93. The Morgan fingerprint density at radius 2 is 1.57 bits per heavy atom. The van der Waals surface area contributed by atoms with Crippen LogP contribution in [0.1, 0.15) is 11.3 Å². The molecule has 0 aliphatic carbocycles. The topological polar surface area (TPSA) is 70.1 Å². The molecule has 0 unspecified atom stereocenters. The van der Waals surface area contributed by atoms with Gasteiger partial charge in [0.1, 0.15) is 5.82 Å². The third-order valence-electron chi connectivity index (χ3n) is 4.63. The number of benzene rings is 1. The molecule has 0 spiro atoms. The standard InChI is InChI=1S/C20H22ClN7/c1-15-13-18(24-14-16-3-5-17(21)6-4-16)26-20(25-15)28-11-9-27(10-12-28)19-22-7-2-8-23-19/h2-8,13H,9-12,14H2,1H3,(H,24,25,26). The van der Waals surface area contributed by atoms with Crippen LogP contribution in [-0.2, 0) is 6.54 Å². The summed E-state index contributed by atoms with van der Waals surface area (Å²) >= 11 is 5.95. The normalized spacial score (nSPS) is 14.2. The van der Waals surface area contributed by atoms with Gasteiger partial charge in [-0.25, -0.2) is 15.0 Å². The van der Waals surface area contributed by atoms with Crippen LogP contribution >= 0.6 is 11.6 Å². The molecule has 0 bridgehead atoms. The molecule has 7 nitrogen and oxygen atoms in total. The molecule has 1 aliphatic rings.